The summed E-state index contributed by atoms with van der Waals surface area (Å²) in [5.74, 6) is 0. The zero-order valence-corrected chi connectivity index (χ0v) is 11.3. The molecule has 0 amide bonds. The summed E-state index contributed by atoms with van der Waals surface area (Å²) < 4.78 is 3.57. The second-order valence-electron chi connectivity index (χ2n) is 2.36. The molecule has 0 radical (unpaired) electrons. The van der Waals surface area contributed by atoms with Crippen LogP contribution >= 0.6 is 62.5 Å². The molecule has 1 aromatic carbocycles. The van der Waals surface area contributed by atoms with Gasteiger partial charge in [-0.15, -0.1) is 24.0 Å². The third-order valence-electron chi connectivity index (χ3n) is 1.61. The van der Waals surface area contributed by atoms with E-state index >= 15 is 0 Å². The summed E-state index contributed by atoms with van der Waals surface area (Å²) in [5, 5.41) is 3.37. The molecule has 0 fully saturated rings. The molecule has 0 aliphatic carbocycles. The van der Waals surface area contributed by atoms with Crippen LogP contribution in [0.3, 0.4) is 0 Å². The Bertz CT molecular complexity index is 436. The van der Waals surface area contributed by atoms with Crippen molar-refractivity contribution in [2.24, 2.45) is 0 Å². The fourth-order valence-corrected chi connectivity index (χ4v) is 3.54. The third kappa shape index (κ3) is 1.42. The highest BCUT2D eigenvalue weighted by atomic mass is 127. The topological polar surface area (TPSA) is 0 Å². The number of hydrogen-bond acceptors (Lipinski definition) is 2. The van der Waals surface area contributed by atoms with E-state index in [1.54, 1.807) is 11.3 Å². The van der Waals surface area contributed by atoms with Gasteiger partial charge in [-0.1, -0.05) is 0 Å². The number of rotatable bonds is 0. The quantitative estimate of drug-likeness (QED) is 0.510. The van der Waals surface area contributed by atoms with Crippen molar-refractivity contribution in [2.45, 2.75) is 4.90 Å². The number of hydrogen-bond donors (Lipinski definition) is 1. The van der Waals surface area contributed by atoms with Gasteiger partial charge < -0.3 is 0 Å². The van der Waals surface area contributed by atoms with E-state index in [1.165, 1.54) is 13.7 Å². The molecule has 2 aromatic rings. The number of thiol groups is 1. The summed E-state index contributed by atoms with van der Waals surface area (Å²) in [6.07, 6.45) is 0. The van der Waals surface area contributed by atoms with Gasteiger partial charge in [0.15, 0.2) is 0 Å². The smallest absolute Gasteiger partial charge is 0.0488 e. The van der Waals surface area contributed by atoms with E-state index in [2.05, 4.69) is 68.7 Å². The van der Waals surface area contributed by atoms with Crippen LogP contribution < -0.4 is 0 Å². The van der Waals surface area contributed by atoms with Gasteiger partial charge in [-0.25, -0.2) is 0 Å². The minimum Gasteiger partial charge on any atom is -0.143 e. The van der Waals surface area contributed by atoms with Crippen LogP contribution in [0.4, 0.5) is 0 Å². The Morgan fingerprint density at radius 3 is 3.00 bits per heavy atom. The summed E-state index contributed by atoms with van der Waals surface area (Å²) in [5.41, 5.74) is 0. The lowest BCUT2D eigenvalue weighted by atomic mass is 10.3. The maximum absolute atomic E-state index is 4.46. The molecule has 1 heterocycles. The Kier molecular flexibility index (Phi) is 2.69. The summed E-state index contributed by atoms with van der Waals surface area (Å²) >= 11 is 12.0. The molecule has 0 aliphatic heterocycles. The van der Waals surface area contributed by atoms with Gasteiger partial charge in [-0.2, -0.15) is 0 Å². The molecule has 0 N–H and O–H groups in total. The van der Waals surface area contributed by atoms with Crippen molar-refractivity contribution < 1.29 is 0 Å². The van der Waals surface area contributed by atoms with Crippen LogP contribution in [0.15, 0.2) is 26.9 Å². The summed E-state index contributed by atoms with van der Waals surface area (Å²) in [7, 11) is 0. The fraction of sp³-hybridized carbons (Fsp3) is 0. The van der Waals surface area contributed by atoms with Crippen LogP contribution in [0.2, 0.25) is 0 Å². The average Bonchev–Trinajstić information content (AvgIpc) is 2.48. The number of fused-ring (bicyclic) bond motifs is 1. The molecule has 1 aromatic heterocycles. The molecule has 4 heteroatoms. The van der Waals surface area contributed by atoms with Gasteiger partial charge in [0.2, 0.25) is 0 Å². The molecular formula is C8H4BrIS2. The van der Waals surface area contributed by atoms with Gasteiger partial charge in [0, 0.05) is 17.6 Å². The van der Waals surface area contributed by atoms with E-state index in [-0.39, 0.29) is 0 Å². The zero-order chi connectivity index (χ0) is 8.72. The van der Waals surface area contributed by atoms with Crippen LogP contribution in [0.5, 0.6) is 0 Å². The molecule has 0 saturated carbocycles. The highest BCUT2D eigenvalue weighted by Gasteiger charge is 2.07. The van der Waals surface area contributed by atoms with Crippen molar-refractivity contribution in [3.05, 3.63) is 25.6 Å². The van der Waals surface area contributed by atoms with E-state index < -0.39 is 0 Å². The van der Waals surface area contributed by atoms with Gasteiger partial charge in [0.25, 0.3) is 0 Å². The molecule has 0 atom stereocenters. The molecule has 0 nitrogen and oxygen atoms in total. The van der Waals surface area contributed by atoms with E-state index in [1.807, 2.05) is 0 Å². The third-order valence-corrected chi connectivity index (χ3v) is 5.88. The number of halogens is 2. The molecule has 0 unspecified atom stereocenters. The molecular weight excluding hydrogens is 367 g/mol. The van der Waals surface area contributed by atoms with Crippen LogP contribution in [0, 0.1) is 3.57 Å². The number of thiophene rings is 1. The molecule has 0 saturated heterocycles. The Morgan fingerprint density at radius 1 is 1.50 bits per heavy atom. The molecule has 0 bridgehead atoms. The fourth-order valence-electron chi connectivity index (χ4n) is 1.04. The Hall–Kier alpha value is 0.740. The highest BCUT2D eigenvalue weighted by Crippen LogP contribution is 2.36. The lowest BCUT2D eigenvalue weighted by Gasteiger charge is -2.01. The van der Waals surface area contributed by atoms with Crippen LogP contribution in [0.1, 0.15) is 0 Å². The Balaban J connectivity index is 2.94. The van der Waals surface area contributed by atoms with E-state index in [9.17, 15) is 0 Å². The normalized spacial score (nSPS) is 10.9. The molecule has 12 heavy (non-hydrogen) atoms. The predicted molar refractivity (Wildman–Crippen MR) is 69.5 cm³/mol. The average molecular weight is 371 g/mol. The van der Waals surface area contributed by atoms with Crippen LogP contribution in [0.25, 0.3) is 10.1 Å². The van der Waals surface area contributed by atoms with Crippen molar-refractivity contribution in [3.63, 3.8) is 0 Å². The van der Waals surface area contributed by atoms with Gasteiger partial charge in [0.1, 0.15) is 0 Å². The van der Waals surface area contributed by atoms with E-state index in [0.29, 0.717) is 0 Å². The second-order valence-corrected chi connectivity index (χ2v) is 5.68. The predicted octanol–water partition coefficient (Wildman–Crippen LogP) is 4.56. The largest absolute Gasteiger partial charge is 0.143 e. The van der Waals surface area contributed by atoms with Crippen molar-refractivity contribution in [2.75, 3.05) is 0 Å². The van der Waals surface area contributed by atoms with Crippen LogP contribution in [-0.4, -0.2) is 0 Å². The van der Waals surface area contributed by atoms with E-state index in [4.69, 9.17) is 0 Å². The zero-order valence-electron chi connectivity index (χ0n) is 5.84. The molecule has 62 valence electrons. The maximum atomic E-state index is 4.46. The summed E-state index contributed by atoms with van der Waals surface area (Å²) in [6, 6.07) is 4.28. The summed E-state index contributed by atoms with van der Waals surface area (Å²) in [4.78, 5) is 1.05. The standard InChI is InChI=1S/C8H4BrIS2/c9-6-5(10)3-4-1-2-12-8(4)7(6)11/h1-3,11H. The lowest BCUT2D eigenvalue weighted by molar-refractivity contribution is 1.48. The maximum Gasteiger partial charge on any atom is 0.0488 e. The number of benzene rings is 1. The van der Waals surface area contributed by atoms with Gasteiger partial charge in [-0.3, -0.25) is 0 Å². The molecule has 0 aliphatic rings. The van der Waals surface area contributed by atoms with Crippen molar-refractivity contribution >= 4 is 72.6 Å². The first-order chi connectivity index (χ1) is 5.70. The highest BCUT2D eigenvalue weighted by molar-refractivity contribution is 14.1. The first-order valence-electron chi connectivity index (χ1n) is 3.24. The first kappa shape index (κ1) is 9.30. The Morgan fingerprint density at radius 2 is 2.25 bits per heavy atom. The first-order valence-corrected chi connectivity index (χ1v) is 6.44. The van der Waals surface area contributed by atoms with Gasteiger partial charge in [-0.05, 0) is 61.4 Å². The van der Waals surface area contributed by atoms with Crippen LogP contribution in [-0.2, 0) is 0 Å². The van der Waals surface area contributed by atoms with Gasteiger partial charge >= 0.3 is 0 Å². The van der Waals surface area contributed by atoms with Crippen molar-refractivity contribution in [3.8, 4) is 0 Å². The minimum atomic E-state index is 1.05. The van der Waals surface area contributed by atoms with Crippen molar-refractivity contribution in [1.82, 2.24) is 0 Å². The van der Waals surface area contributed by atoms with E-state index in [0.717, 1.165) is 9.37 Å². The monoisotopic (exact) mass is 370 g/mol. The summed E-state index contributed by atoms with van der Waals surface area (Å²) in [6.45, 7) is 0. The molecule has 0 spiro atoms. The van der Waals surface area contributed by atoms with Crippen molar-refractivity contribution in [1.29, 1.82) is 0 Å². The lowest BCUT2D eigenvalue weighted by Crippen LogP contribution is -1.77. The molecule has 2 rings (SSSR count). The Labute approximate surface area is 102 Å². The SMILES string of the molecule is Sc1c(Br)c(I)cc2ccsc12. The second kappa shape index (κ2) is 3.48. The van der Waals surface area contributed by atoms with Gasteiger partial charge in [0.05, 0.1) is 0 Å². The minimum absolute atomic E-state index is 1.05.